The van der Waals surface area contributed by atoms with Crippen molar-refractivity contribution in [2.45, 2.75) is 19.3 Å². The number of hydrogen-bond acceptors (Lipinski definition) is 0. The van der Waals surface area contributed by atoms with Crippen LogP contribution in [-0.4, -0.2) is 0 Å². The smallest absolute Gasteiger partial charge is 0.0169 e. The Bertz CT molecular complexity index is 131. The molecule has 0 saturated heterocycles. The number of hydrogen-bond donors (Lipinski definition) is 0. The fourth-order valence-electron chi connectivity index (χ4n) is 0.656. The molecule has 0 saturated carbocycles. The van der Waals surface area contributed by atoms with Crippen molar-refractivity contribution in [3.63, 3.8) is 0 Å². The third-order valence-electron chi connectivity index (χ3n) is 1.21. The van der Waals surface area contributed by atoms with E-state index in [-0.39, 0.29) is 0 Å². The molecule has 0 heteroatoms. The topological polar surface area (TPSA) is 0 Å². The first kappa shape index (κ1) is 9.96. The molecule has 0 spiro atoms. The van der Waals surface area contributed by atoms with Crippen LogP contribution in [0.2, 0.25) is 0 Å². The average molecular weight is 148 g/mol. The predicted molar refractivity (Wildman–Crippen MR) is 52.5 cm³/mol. The largest absolute Gasteiger partial charge is 0.103 e. The van der Waals surface area contributed by atoms with Gasteiger partial charge in [0.15, 0.2) is 0 Å². The van der Waals surface area contributed by atoms with Gasteiger partial charge in [0.1, 0.15) is 0 Å². The van der Waals surface area contributed by atoms with Gasteiger partial charge in [0.2, 0.25) is 0 Å². The normalized spacial score (nSPS) is 10.9. The van der Waals surface area contributed by atoms with E-state index in [1.165, 1.54) is 0 Å². The van der Waals surface area contributed by atoms with Crippen LogP contribution in [0.3, 0.4) is 0 Å². The van der Waals surface area contributed by atoms with Gasteiger partial charge in [-0.3, -0.25) is 0 Å². The molecule has 0 aromatic carbocycles. The zero-order valence-corrected chi connectivity index (χ0v) is 7.00. The molecule has 0 rings (SSSR count). The van der Waals surface area contributed by atoms with Crippen molar-refractivity contribution in [2.24, 2.45) is 0 Å². The first-order valence-corrected chi connectivity index (χ1v) is 3.93. The van der Waals surface area contributed by atoms with E-state index in [4.69, 9.17) is 0 Å². The Hall–Kier alpha value is -1.04. The van der Waals surface area contributed by atoms with Gasteiger partial charge in [-0.2, -0.15) is 0 Å². The van der Waals surface area contributed by atoms with Gasteiger partial charge in [0.25, 0.3) is 0 Å². The molecule has 0 aliphatic heterocycles. The summed E-state index contributed by atoms with van der Waals surface area (Å²) >= 11 is 0. The molecular weight excluding hydrogens is 132 g/mol. The predicted octanol–water partition coefficient (Wildman–Crippen LogP) is 3.64. The minimum atomic E-state index is 0.968. The first-order valence-electron chi connectivity index (χ1n) is 3.93. The van der Waals surface area contributed by atoms with Gasteiger partial charge in [-0.25, -0.2) is 0 Å². The molecule has 60 valence electrons. The minimum Gasteiger partial charge on any atom is -0.103 e. The summed E-state index contributed by atoms with van der Waals surface area (Å²) in [5.41, 5.74) is 0. The van der Waals surface area contributed by atoms with Crippen molar-refractivity contribution in [3.05, 3.63) is 49.6 Å². The van der Waals surface area contributed by atoms with Gasteiger partial charge >= 0.3 is 0 Å². The SMILES string of the molecule is C=CCC=CCC=CCC=C. The van der Waals surface area contributed by atoms with Crippen molar-refractivity contribution in [3.8, 4) is 0 Å². The first-order chi connectivity index (χ1) is 5.41. The Morgan fingerprint density at radius 3 is 1.36 bits per heavy atom. The van der Waals surface area contributed by atoms with Gasteiger partial charge in [-0.1, -0.05) is 36.5 Å². The van der Waals surface area contributed by atoms with Gasteiger partial charge in [-0.05, 0) is 19.3 Å². The molecule has 0 radical (unpaired) electrons. The number of allylic oxidation sites excluding steroid dienone is 6. The van der Waals surface area contributed by atoms with E-state index in [0.29, 0.717) is 0 Å². The highest BCUT2D eigenvalue weighted by molar-refractivity contribution is 4.96. The summed E-state index contributed by atoms with van der Waals surface area (Å²) in [6.07, 6.45) is 15.2. The lowest BCUT2D eigenvalue weighted by Crippen LogP contribution is -1.60. The highest BCUT2D eigenvalue weighted by Gasteiger charge is 1.70. The van der Waals surface area contributed by atoms with Crippen LogP contribution in [-0.2, 0) is 0 Å². The van der Waals surface area contributed by atoms with E-state index in [0.717, 1.165) is 19.3 Å². The lowest BCUT2D eigenvalue weighted by molar-refractivity contribution is 1.28. The van der Waals surface area contributed by atoms with E-state index in [1.54, 1.807) is 0 Å². The second kappa shape index (κ2) is 8.96. The molecule has 0 fully saturated rings. The van der Waals surface area contributed by atoms with E-state index in [9.17, 15) is 0 Å². The van der Waals surface area contributed by atoms with Crippen molar-refractivity contribution < 1.29 is 0 Å². The maximum Gasteiger partial charge on any atom is -0.0169 e. The molecule has 0 amide bonds. The average Bonchev–Trinajstić information content (AvgIpc) is 2.03. The Kier molecular flexibility index (Phi) is 8.11. The standard InChI is InChI=1S/C11H16/c1-3-5-7-9-11-10-8-6-4-2/h3-4,7-10H,1-2,5-6,11H2. The quantitative estimate of drug-likeness (QED) is 0.504. The van der Waals surface area contributed by atoms with Crippen molar-refractivity contribution in [1.82, 2.24) is 0 Å². The summed E-state index contributed by atoms with van der Waals surface area (Å²) in [5, 5.41) is 0. The Morgan fingerprint density at radius 2 is 1.00 bits per heavy atom. The molecule has 11 heavy (non-hydrogen) atoms. The maximum atomic E-state index is 3.63. The molecule has 0 N–H and O–H groups in total. The van der Waals surface area contributed by atoms with Gasteiger partial charge in [0, 0.05) is 0 Å². The van der Waals surface area contributed by atoms with E-state index in [2.05, 4.69) is 37.5 Å². The summed E-state index contributed by atoms with van der Waals surface area (Å²) < 4.78 is 0. The van der Waals surface area contributed by atoms with E-state index in [1.807, 2.05) is 12.2 Å². The van der Waals surface area contributed by atoms with Gasteiger partial charge in [-0.15, -0.1) is 13.2 Å². The van der Waals surface area contributed by atoms with Crippen molar-refractivity contribution >= 4 is 0 Å². The van der Waals surface area contributed by atoms with E-state index < -0.39 is 0 Å². The second-order valence-electron chi connectivity index (χ2n) is 2.23. The summed E-state index contributed by atoms with van der Waals surface area (Å²) in [6, 6.07) is 0. The Morgan fingerprint density at radius 1 is 0.636 bits per heavy atom. The molecule has 0 atom stereocenters. The minimum absolute atomic E-state index is 0.968. The molecule has 0 bridgehead atoms. The van der Waals surface area contributed by atoms with Crippen LogP contribution in [0, 0.1) is 0 Å². The lowest BCUT2D eigenvalue weighted by Gasteiger charge is -1.81. The highest BCUT2D eigenvalue weighted by Crippen LogP contribution is 1.91. The Labute approximate surface area is 69.6 Å². The monoisotopic (exact) mass is 148 g/mol. The summed E-state index contributed by atoms with van der Waals surface area (Å²) in [4.78, 5) is 0. The fourth-order valence-corrected chi connectivity index (χ4v) is 0.656. The third kappa shape index (κ3) is 8.96. The molecule has 0 aromatic rings. The summed E-state index contributed by atoms with van der Waals surface area (Å²) in [7, 11) is 0. The summed E-state index contributed by atoms with van der Waals surface area (Å²) in [6.45, 7) is 7.25. The van der Waals surface area contributed by atoms with Gasteiger partial charge < -0.3 is 0 Å². The molecule has 0 nitrogen and oxygen atoms in total. The van der Waals surface area contributed by atoms with Crippen molar-refractivity contribution in [1.29, 1.82) is 0 Å². The Balaban J connectivity index is 3.24. The van der Waals surface area contributed by atoms with E-state index >= 15 is 0 Å². The summed E-state index contributed by atoms with van der Waals surface area (Å²) in [5.74, 6) is 0. The van der Waals surface area contributed by atoms with Crippen LogP contribution in [0.25, 0.3) is 0 Å². The fraction of sp³-hybridized carbons (Fsp3) is 0.273. The van der Waals surface area contributed by atoms with Crippen LogP contribution in [0.4, 0.5) is 0 Å². The maximum absolute atomic E-state index is 3.63. The van der Waals surface area contributed by atoms with Crippen LogP contribution in [0.5, 0.6) is 0 Å². The van der Waals surface area contributed by atoms with Gasteiger partial charge in [0.05, 0.1) is 0 Å². The lowest BCUT2D eigenvalue weighted by atomic mass is 10.3. The molecule has 0 aliphatic rings. The van der Waals surface area contributed by atoms with Crippen LogP contribution in [0.1, 0.15) is 19.3 Å². The third-order valence-corrected chi connectivity index (χ3v) is 1.21. The zero-order chi connectivity index (χ0) is 8.36. The van der Waals surface area contributed by atoms with Crippen molar-refractivity contribution in [2.75, 3.05) is 0 Å². The number of rotatable bonds is 6. The molecule has 0 heterocycles. The highest BCUT2D eigenvalue weighted by atomic mass is 13.8. The second-order valence-corrected chi connectivity index (χ2v) is 2.23. The molecular formula is C11H16. The van der Waals surface area contributed by atoms with Crippen LogP contribution >= 0.6 is 0 Å². The van der Waals surface area contributed by atoms with Crippen LogP contribution in [0.15, 0.2) is 49.6 Å². The molecule has 0 unspecified atom stereocenters. The molecule has 0 aliphatic carbocycles. The van der Waals surface area contributed by atoms with Crippen LogP contribution < -0.4 is 0 Å². The zero-order valence-electron chi connectivity index (χ0n) is 7.00. The molecule has 0 aromatic heterocycles.